The molecule has 1 aromatic heterocycles. The van der Waals surface area contributed by atoms with Crippen LogP contribution in [-0.2, 0) is 11.3 Å². The molecule has 0 spiro atoms. The molecule has 1 heterocycles. The Morgan fingerprint density at radius 1 is 1.35 bits per heavy atom. The molecule has 1 aromatic carbocycles. The first-order valence-corrected chi connectivity index (χ1v) is 6.53. The lowest BCUT2D eigenvalue weighted by Gasteiger charge is -2.03. The fourth-order valence-corrected chi connectivity index (χ4v) is 2.71. The number of thiophene rings is 1. The second-order valence-corrected chi connectivity index (χ2v) is 5.95. The van der Waals surface area contributed by atoms with E-state index in [4.69, 9.17) is 10.5 Å². The average Bonchev–Trinajstić information content (AvgIpc) is 2.72. The summed E-state index contributed by atoms with van der Waals surface area (Å²) in [6, 6.07) is 10.6. The van der Waals surface area contributed by atoms with Crippen LogP contribution in [0, 0.1) is 0 Å². The normalized spacial score (nSPS) is 10.2. The maximum absolute atomic E-state index is 11.7. The number of carbonyl (C=O) groups is 1. The van der Waals surface area contributed by atoms with Crippen LogP contribution in [0.15, 0.2) is 40.2 Å². The largest absolute Gasteiger partial charge is 0.456 e. The third-order valence-electron chi connectivity index (χ3n) is 2.10. The summed E-state index contributed by atoms with van der Waals surface area (Å²) in [4.78, 5) is 12.7. The van der Waals surface area contributed by atoms with E-state index >= 15 is 0 Å². The van der Waals surface area contributed by atoms with E-state index in [2.05, 4.69) is 15.9 Å². The highest BCUT2D eigenvalue weighted by atomic mass is 79.9. The van der Waals surface area contributed by atoms with Crippen molar-refractivity contribution in [3.63, 3.8) is 0 Å². The van der Waals surface area contributed by atoms with E-state index in [-0.39, 0.29) is 12.6 Å². The van der Waals surface area contributed by atoms with Gasteiger partial charge in [-0.3, -0.25) is 0 Å². The van der Waals surface area contributed by atoms with Gasteiger partial charge in [0.05, 0.1) is 9.35 Å². The number of nitrogens with two attached hydrogens (primary N) is 1. The lowest BCUT2D eigenvalue weighted by Crippen LogP contribution is -2.04. The molecule has 0 aliphatic rings. The van der Waals surface area contributed by atoms with Gasteiger partial charge in [-0.1, -0.05) is 6.07 Å². The quantitative estimate of drug-likeness (QED) is 0.697. The average molecular weight is 312 g/mol. The molecule has 0 amide bonds. The van der Waals surface area contributed by atoms with Crippen LogP contribution in [0.1, 0.15) is 15.2 Å². The molecule has 5 heteroatoms. The lowest BCUT2D eigenvalue weighted by molar-refractivity contribution is 0.0477. The van der Waals surface area contributed by atoms with Gasteiger partial charge in [0, 0.05) is 10.6 Å². The fraction of sp³-hybridized carbons (Fsp3) is 0.0833. The summed E-state index contributed by atoms with van der Waals surface area (Å²) in [5, 5.41) is 0. The maximum Gasteiger partial charge on any atom is 0.338 e. The number of hydrogen-bond acceptors (Lipinski definition) is 4. The molecule has 0 unspecified atom stereocenters. The van der Waals surface area contributed by atoms with Crippen LogP contribution >= 0.6 is 27.3 Å². The Labute approximate surface area is 111 Å². The topological polar surface area (TPSA) is 52.3 Å². The molecule has 0 aliphatic carbocycles. The van der Waals surface area contributed by atoms with Crippen LogP contribution in [0.3, 0.4) is 0 Å². The van der Waals surface area contributed by atoms with Crippen LogP contribution in [0.4, 0.5) is 5.69 Å². The summed E-state index contributed by atoms with van der Waals surface area (Å²) in [5.74, 6) is -0.359. The summed E-state index contributed by atoms with van der Waals surface area (Å²) >= 11 is 4.90. The van der Waals surface area contributed by atoms with Gasteiger partial charge in [0.2, 0.25) is 0 Å². The molecule has 0 bridgehead atoms. The zero-order valence-corrected chi connectivity index (χ0v) is 11.3. The summed E-state index contributed by atoms with van der Waals surface area (Å²) < 4.78 is 6.20. The number of halogens is 1. The summed E-state index contributed by atoms with van der Waals surface area (Å²) in [7, 11) is 0. The van der Waals surface area contributed by atoms with Crippen molar-refractivity contribution in [2.45, 2.75) is 6.61 Å². The number of esters is 1. The van der Waals surface area contributed by atoms with E-state index in [1.54, 1.807) is 35.6 Å². The smallest absolute Gasteiger partial charge is 0.338 e. The van der Waals surface area contributed by atoms with Gasteiger partial charge in [0.25, 0.3) is 0 Å². The zero-order chi connectivity index (χ0) is 12.3. The van der Waals surface area contributed by atoms with Crippen molar-refractivity contribution in [1.82, 2.24) is 0 Å². The van der Waals surface area contributed by atoms with Gasteiger partial charge in [-0.2, -0.15) is 0 Å². The standard InChI is InChI=1S/C12H10BrNO2S/c13-11-5-4-10(17-11)7-16-12(15)8-2-1-3-9(14)6-8/h1-6H,7,14H2. The molecule has 0 saturated carbocycles. The molecule has 88 valence electrons. The first-order chi connectivity index (χ1) is 8.15. The van der Waals surface area contributed by atoms with Gasteiger partial charge in [0.1, 0.15) is 6.61 Å². The van der Waals surface area contributed by atoms with Crippen molar-refractivity contribution >= 4 is 38.9 Å². The Kier molecular flexibility index (Phi) is 3.81. The minimum atomic E-state index is -0.359. The Morgan fingerprint density at radius 2 is 2.18 bits per heavy atom. The van der Waals surface area contributed by atoms with Gasteiger partial charge in [-0.05, 0) is 46.3 Å². The molecule has 3 nitrogen and oxygen atoms in total. The van der Waals surface area contributed by atoms with Crippen LogP contribution in [0.2, 0.25) is 0 Å². The van der Waals surface area contributed by atoms with Gasteiger partial charge in [-0.25, -0.2) is 4.79 Å². The van der Waals surface area contributed by atoms with Crippen LogP contribution in [0.25, 0.3) is 0 Å². The second-order valence-electron chi connectivity index (χ2n) is 3.41. The molecule has 0 atom stereocenters. The van der Waals surface area contributed by atoms with Gasteiger partial charge in [0.15, 0.2) is 0 Å². The molecule has 2 N–H and O–H groups in total. The third kappa shape index (κ3) is 3.31. The van der Waals surface area contributed by atoms with E-state index in [9.17, 15) is 4.79 Å². The monoisotopic (exact) mass is 311 g/mol. The fourth-order valence-electron chi connectivity index (χ4n) is 1.31. The minimum Gasteiger partial charge on any atom is -0.456 e. The highest BCUT2D eigenvalue weighted by Gasteiger charge is 2.08. The highest BCUT2D eigenvalue weighted by Crippen LogP contribution is 2.22. The van der Waals surface area contributed by atoms with Crippen molar-refractivity contribution in [3.05, 3.63) is 50.6 Å². The minimum absolute atomic E-state index is 0.282. The molecule has 0 saturated heterocycles. The van der Waals surface area contributed by atoms with Crippen molar-refractivity contribution in [2.75, 3.05) is 5.73 Å². The Morgan fingerprint density at radius 3 is 2.82 bits per heavy atom. The molecular weight excluding hydrogens is 302 g/mol. The summed E-state index contributed by atoms with van der Waals surface area (Å²) in [5.41, 5.74) is 6.62. The third-order valence-corrected chi connectivity index (χ3v) is 3.69. The van der Waals surface area contributed by atoms with Crippen molar-refractivity contribution in [1.29, 1.82) is 0 Å². The molecular formula is C12H10BrNO2S. The molecule has 2 aromatic rings. The van der Waals surface area contributed by atoms with E-state index < -0.39 is 0 Å². The van der Waals surface area contributed by atoms with Crippen molar-refractivity contribution in [2.24, 2.45) is 0 Å². The van der Waals surface area contributed by atoms with Gasteiger partial charge >= 0.3 is 5.97 Å². The predicted octanol–water partition coefficient (Wildman–Crippen LogP) is 3.45. The van der Waals surface area contributed by atoms with Crippen molar-refractivity contribution < 1.29 is 9.53 Å². The Hall–Kier alpha value is -1.33. The number of ether oxygens (including phenoxy) is 1. The lowest BCUT2D eigenvalue weighted by atomic mass is 10.2. The second kappa shape index (κ2) is 5.33. The van der Waals surface area contributed by atoms with E-state index in [0.717, 1.165) is 8.66 Å². The number of anilines is 1. The van der Waals surface area contributed by atoms with E-state index in [1.807, 2.05) is 12.1 Å². The SMILES string of the molecule is Nc1cccc(C(=O)OCc2ccc(Br)s2)c1. The number of nitrogen functional groups attached to an aromatic ring is 1. The van der Waals surface area contributed by atoms with Gasteiger partial charge < -0.3 is 10.5 Å². The molecule has 17 heavy (non-hydrogen) atoms. The zero-order valence-electron chi connectivity index (χ0n) is 8.85. The van der Waals surface area contributed by atoms with Crippen molar-refractivity contribution in [3.8, 4) is 0 Å². The molecule has 0 radical (unpaired) electrons. The first-order valence-electron chi connectivity index (χ1n) is 4.92. The number of benzene rings is 1. The van der Waals surface area contributed by atoms with E-state index in [0.29, 0.717) is 11.3 Å². The van der Waals surface area contributed by atoms with Crippen LogP contribution in [0.5, 0.6) is 0 Å². The molecule has 0 aliphatic heterocycles. The Bertz CT molecular complexity index is 539. The van der Waals surface area contributed by atoms with E-state index in [1.165, 1.54) is 0 Å². The highest BCUT2D eigenvalue weighted by molar-refractivity contribution is 9.11. The summed E-state index contributed by atoms with van der Waals surface area (Å²) in [6.45, 7) is 0.282. The molecule has 2 rings (SSSR count). The number of carbonyl (C=O) groups excluding carboxylic acids is 1. The first kappa shape index (κ1) is 12.1. The van der Waals surface area contributed by atoms with Gasteiger partial charge in [-0.15, -0.1) is 11.3 Å². The number of rotatable bonds is 3. The van der Waals surface area contributed by atoms with Crippen LogP contribution < -0.4 is 5.73 Å². The molecule has 0 fully saturated rings. The number of hydrogen-bond donors (Lipinski definition) is 1. The predicted molar refractivity (Wildman–Crippen MR) is 72.0 cm³/mol. The van der Waals surface area contributed by atoms with Crippen LogP contribution in [-0.4, -0.2) is 5.97 Å². The Balaban J connectivity index is 1.98. The summed E-state index contributed by atoms with van der Waals surface area (Å²) in [6.07, 6.45) is 0. The maximum atomic E-state index is 11.7.